The third-order valence-corrected chi connectivity index (χ3v) is 3.51. The molecule has 0 fully saturated rings. The summed E-state index contributed by atoms with van der Waals surface area (Å²) >= 11 is 0. The molecule has 0 saturated carbocycles. The van der Waals surface area contributed by atoms with Gasteiger partial charge in [0.25, 0.3) is 0 Å². The highest BCUT2D eigenvalue weighted by Crippen LogP contribution is 2.07. The summed E-state index contributed by atoms with van der Waals surface area (Å²) in [7, 11) is 2.20. The Morgan fingerprint density at radius 3 is 2.26 bits per heavy atom. The monoisotopic (exact) mass is 256 g/mol. The second-order valence-electron chi connectivity index (χ2n) is 5.18. The molecule has 0 bridgehead atoms. The van der Waals surface area contributed by atoms with Crippen LogP contribution >= 0.6 is 0 Å². The molecule has 2 heteroatoms. The summed E-state index contributed by atoms with van der Waals surface area (Å²) in [5, 5.41) is 0. The predicted octanol–water partition coefficient (Wildman–Crippen LogP) is 3.57. The largest absolute Gasteiger partial charge is 0.354 e. The van der Waals surface area contributed by atoms with Gasteiger partial charge in [0.2, 0.25) is 0 Å². The van der Waals surface area contributed by atoms with E-state index in [1.165, 1.54) is 17.5 Å². The molecule has 0 spiro atoms. The van der Waals surface area contributed by atoms with Crippen LogP contribution in [-0.4, -0.2) is 23.1 Å². The third kappa shape index (κ3) is 4.56. The average Bonchev–Trinajstić information content (AvgIpc) is 2.93. The number of benzene rings is 1. The number of nitrogens with zero attached hydrogens (tertiary/aromatic N) is 2. The fourth-order valence-electron chi connectivity index (χ4n) is 2.31. The van der Waals surface area contributed by atoms with Gasteiger partial charge in [0, 0.05) is 25.5 Å². The standard InChI is InChI=1S/C17H24N2/c1-3-16-7-9-17(10-8-16)15-18(2)11-6-14-19-12-4-5-13-19/h4-5,7-10,12-13H,3,6,11,14-15H2,1-2H3. The summed E-state index contributed by atoms with van der Waals surface area (Å²) in [5.74, 6) is 0. The topological polar surface area (TPSA) is 8.17 Å². The first-order valence-corrected chi connectivity index (χ1v) is 7.15. The highest BCUT2D eigenvalue weighted by molar-refractivity contribution is 5.22. The predicted molar refractivity (Wildman–Crippen MR) is 81.2 cm³/mol. The van der Waals surface area contributed by atoms with Crippen LogP contribution in [0.2, 0.25) is 0 Å². The van der Waals surface area contributed by atoms with E-state index in [4.69, 9.17) is 0 Å². The number of aromatic nitrogens is 1. The SMILES string of the molecule is CCc1ccc(CN(C)CCCn2cccc2)cc1. The van der Waals surface area contributed by atoms with Gasteiger partial charge in [-0.15, -0.1) is 0 Å². The fraction of sp³-hybridized carbons (Fsp3) is 0.412. The van der Waals surface area contributed by atoms with Crippen molar-refractivity contribution in [1.82, 2.24) is 9.47 Å². The molecule has 1 aromatic heterocycles. The van der Waals surface area contributed by atoms with E-state index in [0.717, 1.165) is 26.1 Å². The van der Waals surface area contributed by atoms with Crippen LogP contribution in [0.3, 0.4) is 0 Å². The zero-order valence-electron chi connectivity index (χ0n) is 12.0. The molecule has 0 aliphatic rings. The Labute approximate surface area is 116 Å². The van der Waals surface area contributed by atoms with Crippen LogP contribution in [0, 0.1) is 0 Å². The van der Waals surface area contributed by atoms with Crippen LogP contribution in [0.25, 0.3) is 0 Å². The molecule has 0 aliphatic heterocycles. The van der Waals surface area contributed by atoms with Crippen molar-refractivity contribution in [3.8, 4) is 0 Å². The highest BCUT2D eigenvalue weighted by atomic mass is 15.1. The summed E-state index contributed by atoms with van der Waals surface area (Å²) in [6, 6.07) is 13.1. The van der Waals surface area contributed by atoms with Gasteiger partial charge in [-0.2, -0.15) is 0 Å². The van der Waals surface area contributed by atoms with Crippen molar-refractivity contribution in [2.75, 3.05) is 13.6 Å². The maximum atomic E-state index is 2.39. The number of aryl methyl sites for hydroxylation is 2. The van der Waals surface area contributed by atoms with Gasteiger partial charge < -0.3 is 9.47 Å². The molecule has 2 nitrogen and oxygen atoms in total. The van der Waals surface area contributed by atoms with Gasteiger partial charge in [0.15, 0.2) is 0 Å². The molecule has 0 amide bonds. The van der Waals surface area contributed by atoms with Crippen LogP contribution in [-0.2, 0) is 19.5 Å². The van der Waals surface area contributed by atoms with Crippen LogP contribution in [0.1, 0.15) is 24.5 Å². The Morgan fingerprint density at radius 2 is 1.63 bits per heavy atom. The van der Waals surface area contributed by atoms with Gasteiger partial charge in [-0.3, -0.25) is 0 Å². The third-order valence-electron chi connectivity index (χ3n) is 3.51. The van der Waals surface area contributed by atoms with E-state index >= 15 is 0 Å². The molecule has 19 heavy (non-hydrogen) atoms. The van der Waals surface area contributed by atoms with Crippen molar-refractivity contribution in [3.63, 3.8) is 0 Å². The molecule has 2 aromatic rings. The molecule has 0 radical (unpaired) electrons. The second kappa shape index (κ2) is 7.15. The van der Waals surface area contributed by atoms with E-state index in [1.807, 2.05) is 0 Å². The Balaban J connectivity index is 1.72. The molecule has 102 valence electrons. The van der Waals surface area contributed by atoms with Crippen LogP contribution in [0.15, 0.2) is 48.8 Å². The average molecular weight is 256 g/mol. The summed E-state index contributed by atoms with van der Waals surface area (Å²) in [6.07, 6.45) is 6.57. The first-order valence-electron chi connectivity index (χ1n) is 7.15. The number of hydrogen-bond acceptors (Lipinski definition) is 1. The molecule has 0 atom stereocenters. The molecule has 1 heterocycles. The molecule has 1 aromatic carbocycles. The van der Waals surface area contributed by atoms with Gasteiger partial charge in [-0.05, 0) is 49.7 Å². The van der Waals surface area contributed by atoms with Gasteiger partial charge in [0.05, 0.1) is 0 Å². The Morgan fingerprint density at radius 1 is 1.00 bits per heavy atom. The lowest BCUT2D eigenvalue weighted by molar-refractivity contribution is 0.314. The second-order valence-corrected chi connectivity index (χ2v) is 5.18. The molecular formula is C17H24N2. The number of hydrogen-bond donors (Lipinski definition) is 0. The summed E-state index contributed by atoms with van der Waals surface area (Å²) < 4.78 is 2.24. The maximum Gasteiger partial charge on any atom is 0.0231 e. The Kier molecular flexibility index (Phi) is 5.22. The first kappa shape index (κ1) is 13.9. The summed E-state index contributed by atoms with van der Waals surface area (Å²) in [6.45, 7) is 5.47. The fourth-order valence-corrected chi connectivity index (χ4v) is 2.31. The van der Waals surface area contributed by atoms with Crippen molar-refractivity contribution >= 4 is 0 Å². The summed E-state index contributed by atoms with van der Waals surface area (Å²) in [4.78, 5) is 2.39. The zero-order valence-corrected chi connectivity index (χ0v) is 12.0. The van der Waals surface area contributed by atoms with Crippen LogP contribution < -0.4 is 0 Å². The Hall–Kier alpha value is -1.54. The van der Waals surface area contributed by atoms with E-state index in [1.54, 1.807) is 0 Å². The van der Waals surface area contributed by atoms with Crippen molar-refractivity contribution in [2.45, 2.75) is 32.9 Å². The molecule has 2 rings (SSSR count). The van der Waals surface area contributed by atoms with Crippen LogP contribution in [0.5, 0.6) is 0 Å². The quantitative estimate of drug-likeness (QED) is 0.735. The zero-order chi connectivity index (χ0) is 13.5. The summed E-state index contributed by atoms with van der Waals surface area (Å²) in [5.41, 5.74) is 2.82. The minimum atomic E-state index is 1.04. The van der Waals surface area contributed by atoms with Gasteiger partial charge in [-0.25, -0.2) is 0 Å². The lowest BCUT2D eigenvalue weighted by Crippen LogP contribution is -2.20. The molecular weight excluding hydrogens is 232 g/mol. The van der Waals surface area contributed by atoms with Crippen molar-refractivity contribution in [1.29, 1.82) is 0 Å². The van der Waals surface area contributed by atoms with Crippen LogP contribution in [0.4, 0.5) is 0 Å². The van der Waals surface area contributed by atoms with Gasteiger partial charge in [-0.1, -0.05) is 31.2 Å². The van der Waals surface area contributed by atoms with E-state index in [9.17, 15) is 0 Å². The van der Waals surface area contributed by atoms with E-state index in [-0.39, 0.29) is 0 Å². The van der Waals surface area contributed by atoms with Crippen molar-refractivity contribution in [3.05, 3.63) is 59.9 Å². The maximum absolute atomic E-state index is 2.39. The highest BCUT2D eigenvalue weighted by Gasteiger charge is 2.00. The molecule has 0 unspecified atom stereocenters. The molecule has 0 saturated heterocycles. The lowest BCUT2D eigenvalue weighted by Gasteiger charge is -2.17. The van der Waals surface area contributed by atoms with E-state index in [2.05, 4.69) is 72.2 Å². The molecule has 0 N–H and O–H groups in total. The number of rotatable bonds is 7. The normalized spacial score (nSPS) is 11.1. The van der Waals surface area contributed by atoms with E-state index < -0.39 is 0 Å². The molecule has 0 aliphatic carbocycles. The van der Waals surface area contributed by atoms with E-state index in [0.29, 0.717) is 0 Å². The first-order chi connectivity index (χ1) is 9.28. The van der Waals surface area contributed by atoms with Crippen molar-refractivity contribution in [2.24, 2.45) is 0 Å². The van der Waals surface area contributed by atoms with Gasteiger partial charge in [0.1, 0.15) is 0 Å². The van der Waals surface area contributed by atoms with Crippen molar-refractivity contribution < 1.29 is 0 Å². The smallest absolute Gasteiger partial charge is 0.0231 e. The Bertz CT molecular complexity index is 457. The lowest BCUT2D eigenvalue weighted by atomic mass is 10.1. The van der Waals surface area contributed by atoms with Gasteiger partial charge >= 0.3 is 0 Å². The minimum absolute atomic E-state index is 1.04. The minimum Gasteiger partial charge on any atom is -0.354 e.